The largest absolute Gasteiger partial charge is 0.495 e. The molecule has 1 aliphatic heterocycles. The molecule has 1 amide bonds. The average molecular weight is 403 g/mol. The number of quaternary nitrogens is 1. The molecular weight excluding hydrogens is 370 g/mol. The van der Waals surface area contributed by atoms with Crippen molar-refractivity contribution in [2.24, 2.45) is 13.0 Å². The van der Waals surface area contributed by atoms with Crippen molar-refractivity contribution in [3.05, 3.63) is 23.4 Å². The Morgan fingerprint density at radius 2 is 2.10 bits per heavy atom. The second kappa shape index (κ2) is 8.86. The van der Waals surface area contributed by atoms with Gasteiger partial charge in [0.05, 0.1) is 43.6 Å². The molecule has 158 valence electrons. The molecule has 29 heavy (non-hydrogen) atoms. The first-order chi connectivity index (χ1) is 13.9. The Hall–Kier alpha value is -2.54. The van der Waals surface area contributed by atoms with E-state index in [9.17, 15) is 9.59 Å². The zero-order valence-electron chi connectivity index (χ0n) is 18.1. The fourth-order valence-electron chi connectivity index (χ4n) is 4.35. The van der Waals surface area contributed by atoms with Crippen LogP contribution in [0.25, 0.3) is 10.9 Å². The second-order valence-electron chi connectivity index (χ2n) is 7.95. The van der Waals surface area contributed by atoms with E-state index in [1.54, 1.807) is 14.0 Å². The molecule has 0 radical (unpaired) electrons. The lowest BCUT2D eigenvalue weighted by Gasteiger charge is -2.27. The second-order valence-corrected chi connectivity index (χ2v) is 7.95. The van der Waals surface area contributed by atoms with Crippen molar-refractivity contribution in [3.8, 4) is 5.75 Å². The van der Waals surface area contributed by atoms with E-state index in [0.717, 1.165) is 30.7 Å². The monoisotopic (exact) mass is 402 g/mol. The first-order valence-electron chi connectivity index (χ1n) is 10.3. The van der Waals surface area contributed by atoms with E-state index in [1.165, 1.54) is 11.3 Å². The molecule has 0 aliphatic carbocycles. The van der Waals surface area contributed by atoms with Gasteiger partial charge in [-0.05, 0) is 38.8 Å². The van der Waals surface area contributed by atoms with Gasteiger partial charge in [-0.3, -0.25) is 4.79 Å². The Morgan fingerprint density at radius 3 is 2.76 bits per heavy atom. The Balaban J connectivity index is 2.00. The summed E-state index contributed by atoms with van der Waals surface area (Å²) in [5.41, 5.74) is 2.64. The number of carbonyl (C=O) groups is 2. The number of nitrogens with one attached hydrogen (secondary N) is 2. The summed E-state index contributed by atoms with van der Waals surface area (Å²) in [6, 6.07) is 3.72. The minimum atomic E-state index is -0.394. The van der Waals surface area contributed by atoms with Crippen LogP contribution >= 0.6 is 0 Å². The van der Waals surface area contributed by atoms with Crippen LogP contribution in [0.4, 0.5) is 5.69 Å². The van der Waals surface area contributed by atoms with Gasteiger partial charge in [-0.2, -0.15) is 0 Å². The molecule has 0 bridgehead atoms. The van der Waals surface area contributed by atoms with Crippen molar-refractivity contribution in [1.82, 2.24) is 4.57 Å². The number of esters is 1. The van der Waals surface area contributed by atoms with Gasteiger partial charge in [0.15, 0.2) is 6.54 Å². The van der Waals surface area contributed by atoms with Gasteiger partial charge in [-0.25, -0.2) is 4.79 Å². The van der Waals surface area contributed by atoms with Crippen LogP contribution in [0, 0.1) is 12.8 Å². The molecule has 2 heterocycles. The van der Waals surface area contributed by atoms with Gasteiger partial charge in [0.25, 0.3) is 5.91 Å². The van der Waals surface area contributed by atoms with Gasteiger partial charge in [0.2, 0.25) is 0 Å². The standard InChI is InChI=1S/C22H31N3O4/c1-6-29-22(27)19-15(3)24(4)16-9-10-17(28-5)21(20(16)19)23-18(26)13-25-11-7-8-14(2)12-25/h9-10,14H,6-8,11-13H2,1-5H3,(H,23,26)/p+1/t14-/m1/s1. The predicted molar refractivity (Wildman–Crippen MR) is 113 cm³/mol. The lowest BCUT2D eigenvalue weighted by molar-refractivity contribution is -0.900. The highest BCUT2D eigenvalue weighted by molar-refractivity contribution is 6.14. The number of aryl methyl sites for hydroxylation is 1. The number of anilines is 1. The number of methoxy groups -OCH3 is 1. The maximum absolute atomic E-state index is 12.9. The van der Waals surface area contributed by atoms with E-state index in [0.29, 0.717) is 34.8 Å². The highest BCUT2D eigenvalue weighted by atomic mass is 16.5. The van der Waals surface area contributed by atoms with Crippen LogP contribution in [0.3, 0.4) is 0 Å². The van der Waals surface area contributed by atoms with Gasteiger partial charge in [0, 0.05) is 24.0 Å². The number of benzene rings is 1. The Kier molecular flexibility index (Phi) is 6.47. The highest BCUT2D eigenvalue weighted by Crippen LogP contribution is 2.38. The molecule has 1 aromatic carbocycles. The molecule has 2 atom stereocenters. The summed E-state index contributed by atoms with van der Waals surface area (Å²) in [5.74, 6) is 0.701. The molecule has 1 fully saturated rings. The number of hydrogen-bond acceptors (Lipinski definition) is 4. The van der Waals surface area contributed by atoms with E-state index in [4.69, 9.17) is 9.47 Å². The number of ether oxygens (including phenoxy) is 2. The first-order valence-corrected chi connectivity index (χ1v) is 10.3. The third-order valence-corrected chi connectivity index (χ3v) is 5.86. The molecule has 1 saturated heterocycles. The molecule has 2 aromatic rings. The van der Waals surface area contributed by atoms with Crippen LogP contribution in [0.15, 0.2) is 12.1 Å². The molecule has 2 N–H and O–H groups in total. The normalized spacial score (nSPS) is 19.2. The van der Waals surface area contributed by atoms with Crippen molar-refractivity contribution in [2.75, 3.05) is 38.7 Å². The SMILES string of the molecule is CCOC(=O)c1c(C)n(C)c2ccc(OC)c(NC(=O)C[NH+]3CCC[C@@H](C)C3)c12. The molecule has 1 aromatic heterocycles. The number of fused-ring (bicyclic) bond motifs is 1. The van der Waals surface area contributed by atoms with Crippen molar-refractivity contribution >= 4 is 28.5 Å². The molecule has 7 heteroatoms. The third-order valence-electron chi connectivity index (χ3n) is 5.86. The summed E-state index contributed by atoms with van der Waals surface area (Å²) in [4.78, 5) is 26.9. The van der Waals surface area contributed by atoms with E-state index in [2.05, 4.69) is 12.2 Å². The Labute approximate surface area is 171 Å². The van der Waals surface area contributed by atoms with E-state index in [1.807, 2.05) is 30.7 Å². The maximum Gasteiger partial charge on any atom is 0.340 e. The topological polar surface area (TPSA) is 74.0 Å². The van der Waals surface area contributed by atoms with Crippen LogP contribution in [-0.2, 0) is 16.6 Å². The molecule has 7 nitrogen and oxygen atoms in total. The van der Waals surface area contributed by atoms with Gasteiger partial charge in [-0.15, -0.1) is 0 Å². The number of rotatable bonds is 6. The number of hydrogen-bond donors (Lipinski definition) is 2. The van der Waals surface area contributed by atoms with E-state index >= 15 is 0 Å². The van der Waals surface area contributed by atoms with Gasteiger partial charge in [-0.1, -0.05) is 6.92 Å². The Bertz CT molecular complexity index is 919. The van der Waals surface area contributed by atoms with Crippen LogP contribution in [0.2, 0.25) is 0 Å². The molecule has 1 aliphatic rings. The number of nitrogens with zero attached hydrogens (tertiary/aromatic N) is 1. The van der Waals surface area contributed by atoms with Crippen LogP contribution in [0.1, 0.15) is 42.7 Å². The number of carbonyl (C=O) groups excluding carboxylic acids is 2. The smallest absolute Gasteiger partial charge is 0.340 e. The van der Waals surface area contributed by atoms with Crippen molar-refractivity contribution in [2.45, 2.75) is 33.6 Å². The minimum absolute atomic E-state index is 0.0729. The summed E-state index contributed by atoms with van der Waals surface area (Å²) in [7, 11) is 3.46. The van der Waals surface area contributed by atoms with Crippen molar-refractivity contribution in [3.63, 3.8) is 0 Å². The molecular formula is C22H32N3O4+. The first kappa shape index (κ1) is 21.2. The van der Waals surface area contributed by atoms with Crippen LogP contribution in [0.5, 0.6) is 5.75 Å². The minimum Gasteiger partial charge on any atom is -0.495 e. The lowest BCUT2D eigenvalue weighted by Crippen LogP contribution is -3.14. The molecule has 1 unspecified atom stereocenters. The molecule has 0 spiro atoms. The number of piperidine rings is 1. The van der Waals surface area contributed by atoms with Crippen molar-refractivity contribution in [1.29, 1.82) is 0 Å². The number of likely N-dealkylation sites (tertiary alicyclic amines) is 1. The summed E-state index contributed by atoms with van der Waals surface area (Å²) in [5, 5.41) is 3.70. The van der Waals surface area contributed by atoms with E-state index < -0.39 is 5.97 Å². The van der Waals surface area contributed by atoms with Crippen LogP contribution in [-0.4, -0.2) is 49.8 Å². The Morgan fingerprint density at radius 1 is 1.34 bits per heavy atom. The number of amides is 1. The maximum atomic E-state index is 12.9. The predicted octanol–water partition coefficient (Wildman–Crippen LogP) is 1.93. The summed E-state index contributed by atoms with van der Waals surface area (Å²) < 4.78 is 12.7. The molecule has 0 saturated carbocycles. The average Bonchev–Trinajstić information content (AvgIpc) is 2.93. The van der Waals surface area contributed by atoms with Crippen molar-refractivity contribution < 1.29 is 24.0 Å². The summed E-state index contributed by atoms with van der Waals surface area (Å²) in [6.07, 6.45) is 2.37. The molecule has 3 rings (SSSR count). The van der Waals surface area contributed by atoms with Gasteiger partial charge in [0.1, 0.15) is 5.75 Å². The fraction of sp³-hybridized carbons (Fsp3) is 0.545. The zero-order chi connectivity index (χ0) is 21.1. The third kappa shape index (κ3) is 4.24. The summed E-state index contributed by atoms with van der Waals surface area (Å²) in [6.45, 7) is 8.61. The van der Waals surface area contributed by atoms with Crippen LogP contribution < -0.4 is 15.0 Å². The quantitative estimate of drug-likeness (QED) is 0.724. The highest BCUT2D eigenvalue weighted by Gasteiger charge is 2.27. The van der Waals surface area contributed by atoms with Gasteiger partial charge < -0.3 is 24.3 Å². The zero-order valence-corrected chi connectivity index (χ0v) is 18.1. The van der Waals surface area contributed by atoms with E-state index in [-0.39, 0.29) is 12.5 Å². The number of aromatic nitrogens is 1. The van der Waals surface area contributed by atoms with Gasteiger partial charge >= 0.3 is 5.97 Å². The fourth-order valence-corrected chi connectivity index (χ4v) is 4.35. The lowest BCUT2D eigenvalue weighted by atomic mass is 10.0. The summed E-state index contributed by atoms with van der Waals surface area (Å²) >= 11 is 0.